The number of hydrogen-bond acceptors (Lipinski definition) is 11. The number of nitrogens with zero attached hydrogens (tertiary/aromatic N) is 4. The molecule has 0 radical (unpaired) electrons. The van der Waals surface area contributed by atoms with Gasteiger partial charge >= 0.3 is 0 Å². The molecule has 2 atom stereocenters. The van der Waals surface area contributed by atoms with Crippen molar-refractivity contribution in [2.45, 2.75) is 44.2 Å². The maximum Gasteiger partial charge on any atom is 0.267 e. The molecule has 48 heavy (non-hydrogen) atoms. The standard InChI is InChI=1S/C31H39N7O9S/c39-27(34-15-18-47-19-17-38-28(40)9-10-29(38)41)8-2-4-13-35-30(42)25(21-48(44,45)46)36-31(43)26-7-5-16-37(26)22-11-14-33-24(20-22)23-6-1-3-12-32-23/h1,3,6,9-12,14,20,25-26H,2,4-5,7-8,13,15-19,21H2,(H,34,39)(H,35,42)(H,36,43)(H,44,45,46). The first-order valence-corrected chi connectivity index (χ1v) is 17.2. The van der Waals surface area contributed by atoms with Crippen LogP contribution in [0.3, 0.4) is 0 Å². The van der Waals surface area contributed by atoms with Crippen LogP contribution in [0.5, 0.6) is 0 Å². The summed E-state index contributed by atoms with van der Waals surface area (Å²) in [4.78, 5) is 72.9. The number of nitrogens with one attached hydrogen (secondary N) is 3. The minimum atomic E-state index is -4.61. The predicted octanol–water partition coefficient (Wildman–Crippen LogP) is -0.171. The van der Waals surface area contributed by atoms with E-state index in [9.17, 15) is 36.9 Å². The summed E-state index contributed by atoms with van der Waals surface area (Å²) in [5.74, 6) is -3.34. The second-order valence-corrected chi connectivity index (χ2v) is 12.6. The monoisotopic (exact) mass is 685 g/mol. The van der Waals surface area contributed by atoms with Crippen molar-refractivity contribution in [3.05, 3.63) is 54.9 Å². The van der Waals surface area contributed by atoms with E-state index < -0.39 is 39.8 Å². The summed E-state index contributed by atoms with van der Waals surface area (Å²) < 4.78 is 38.2. The fourth-order valence-corrected chi connectivity index (χ4v) is 5.92. The zero-order valence-electron chi connectivity index (χ0n) is 26.2. The maximum absolute atomic E-state index is 13.3. The highest BCUT2D eigenvalue weighted by atomic mass is 32.2. The molecule has 5 amide bonds. The summed E-state index contributed by atoms with van der Waals surface area (Å²) in [5.41, 5.74) is 2.01. The third-order valence-electron chi connectivity index (χ3n) is 7.63. The van der Waals surface area contributed by atoms with Crippen LogP contribution < -0.4 is 20.9 Å². The Bertz CT molecular complexity index is 1590. The molecule has 16 nitrogen and oxygen atoms in total. The zero-order valence-corrected chi connectivity index (χ0v) is 27.1. The normalized spacial score (nSPS) is 16.6. The highest BCUT2D eigenvalue weighted by Crippen LogP contribution is 2.28. The number of hydrogen-bond donors (Lipinski definition) is 4. The van der Waals surface area contributed by atoms with Crippen LogP contribution in [0.25, 0.3) is 11.4 Å². The Hall–Kier alpha value is -4.74. The quantitative estimate of drug-likeness (QED) is 0.0914. The van der Waals surface area contributed by atoms with Gasteiger partial charge in [-0.05, 0) is 49.9 Å². The van der Waals surface area contributed by atoms with Gasteiger partial charge in [0.25, 0.3) is 21.9 Å². The summed E-state index contributed by atoms with van der Waals surface area (Å²) in [6.45, 7) is 1.36. The van der Waals surface area contributed by atoms with Gasteiger partial charge in [0.2, 0.25) is 17.7 Å². The van der Waals surface area contributed by atoms with Crippen LogP contribution in [0.2, 0.25) is 0 Å². The van der Waals surface area contributed by atoms with Crippen LogP contribution in [-0.4, -0.2) is 115 Å². The number of unbranched alkanes of at least 4 members (excludes halogenated alkanes) is 1. The number of amides is 5. The molecule has 2 unspecified atom stereocenters. The SMILES string of the molecule is O=C(CCCCNC(=O)C(CS(=O)(=O)O)NC(=O)C1CCCN1c1ccnc(-c2ccccn2)c1)NCCOCCN1C(=O)C=CC1=O. The lowest BCUT2D eigenvalue weighted by Gasteiger charge is -2.28. The van der Waals surface area contributed by atoms with Crippen LogP contribution >= 0.6 is 0 Å². The molecule has 2 aromatic heterocycles. The molecule has 17 heteroatoms. The molecule has 258 valence electrons. The Morgan fingerprint density at radius 3 is 2.48 bits per heavy atom. The number of carbonyl (C=O) groups is 5. The number of ether oxygens (including phenoxy) is 1. The van der Waals surface area contributed by atoms with E-state index in [0.717, 1.165) is 10.6 Å². The first kappa shape index (κ1) is 36.1. The van der Waals surface area contributed by atoms with E-state index in [2.05, 4.69) is 25.9 Å². The second kappa shape index (κ2) is 17.4. The number of rotatable bonds is 18. The summed E-state index contributed by atoms with van der Waals surface area (Å²) >= 11 is 0. The number of aromatic nitrogens is 2. The van der Waals surface area contributed by atoms with Gasteiger partial charge in [0.05, 0.1) is 31.1 Å². The number of pyridine rings is 2. The number of carbonyl (C=O) groups excluding carboxylic acids is 5. The van der Waals surface area contributed by atoms with E-state index in [1.165, 1.54) is 12.2 Å². The van der Waals surface area contributed by atoms with Gasteiger partial charge in [-0.25, -0.2) is 0 Å². The topological polar surface area (TPSA) is 217 Å². The van der Waals surface area contributed by atoms with Gasteiger partial charge in [-0.3, -0.25) is 43.4 Å². The molecule has 0 aromatic carbocycles. The Labute approximate surface area is 278 Å². The third-order valence-corrected chi connectivity index (χ3v) is 8.38. The molecule has 4 heterocycles. The maximum atomic E-state index is 13.3. The van der Waals surface area contributed by atoms with Crippen LogP contribution in [0, 0.1) is 0 Å². The molecular weight excluding hydrogens is 646 g/mol. The largest absolute Gasteiger partial charge is 0.378 e. The molecule has 2 aliphatic heterocycles. The van der Waals surface area contributed by atoms with Crippen molar-refractivity contribution in [2.75, 3.05) is 50.0 Å². The summed E-state index contributed by atoms with van der Waals surface area (Å²) in [5, 5.41) is 7.76. The zero-order chi connectivity index (χ0) is 34.5. The van der Waals surface area contributed by atoms with Crippen molar-refractivity contribution < 1.29 is 41.7 Å². The van der Waals surface area contributed by atoms with Crippen molar-refractivity contribution in [3.63, 3.8) is 0 Å². The molecular formula is C31H39N7O9S. The molecule has 2 aliphatic rings. The average molecular weight is 686 g/mol. The summed E-state index contributed by atoms with van der Waals surface area (Å²) in [6.07, 6.45) is 7.79. The van der Waals surface area contributed by atoms with Crippen molar-refractivity contribution in [2.24, 2.45) is 0 Å². The molecule has 0 saturated carbocycles. The highest BCUT2D eigenvalue weighted by molar-refractivity contribution is 7.85. The molecule has 1 fully saturated rings. The first-order chi connectivity index (χ1) is 23.0. The van der Waals surface area contributed by atoms with Gasteiger partial charge in [0.1, 0.15) is 17.8 Å². The minimum Gasteiger partial charge on any atom is -0.378 e. The molecule has 4 N–H and O–H groups in total. The summed E-state index contributed by atoms with van der Waals surface area (Å²) in [6, 6.07) is 6.82. The first-order valence-electron chi connectivity index (χ1n) is 15.6. The van der Waals surface area contributed by atoms with E-state index in [1.807, 2.05) is 23.1 Å². The van der Waals surface area contributed by atoms with Gasteiger partial charge in [-0.15, -0.1) is 0 Å². The molecule has 0 spiro atoms. The molecule has 1 saturated heterocycles. The van der Waals surface area contributed by atoms with Crippen molar-refractivity contribution in [3.8, 4) is 11.4 Å². The van der Waals surface area contributed by atoms with Gasteiger partial charge in [0, 0.05) is 56.3 Å². The lowest BCUT2D eigenvalue weighted by atomic mass is 10.1. The van der Waals surface area contributed by atoms with Crippen LogP contribution in [0.4, 0.5) is 5.69 Å². The van der Waals surface area contributed by atoms with Gasteiger partial charge < -0.3 is 25.6 Å². The molecule has 0 bridgehead atoms. The molecule has 2 aromatic rings. The van der Waals surface area contributed by atoms with Crippen molar-refractivity contribution in [1.82, 2.24) is 30.8 Å². The lowest BCUT2D eigenvalue weighted by Crippen LogP contribution is -2.54. The van der Waals surface area contributed by atoms with Crippen LogP contribution in [-0.2, 0) is 38.8 Å². The highest BCUT2D eigenvalue weighted by Gasteiger charge is 2.35. The van der Waals surface area contributed by atoms with Crippen molar-refractivity contribution >= 4 is 45.3 Å². The van der Waals surface area contributed by atoms with E-state index in [-0.39, 0.29) is 57.0 Å². The van der Waals surface area contributed by atoms with E-state index >= 15 is 0 Å². The van der Waals surface area contributed by atoms with Gasteiger partial charge in [0.15, 0.2) is 0 Å². The van der Waals surface area contributed by atoms with E-state index in [0.29, 0.717) is 43.6 Å². The van der Waals surface area contributed by atoms with Crippen molar-refractivity contribution in [1.29, 1.82) is 0 Å². The van der Waals surface area contributed by atoms with Gasteiger partial charge in [-0.2, -0.15) is 8.42 Å². The number of imide groups is 1. The van der Waals surface area contributed by atoms with E-state index in [4.69, 9.17) is 4.74 Å². The van der Waals surface area contributed by atoms with Gasteiger partial charge in [-0.1, -0.05) is 6.07 Å². The Kier molecular flexibility index (Phi) is 13.1. The smallest absolute Gasteiger partial charge is 0.267 e. The van der Waals surface area contributed by atoms with Crippen LogP contribution in [0.15, 0.2) is 54.9 Å². The Morgan fingerprint density at radius 2 is 1.75 bits per heavy atom. The minimum absolute atomic E-state index is 0.110. The second-order valence-electron chi connectivity index (χ2n) is 11.1. The predicted molar refractivity (Wildman–Crippen MR) is 173 cm³/mol. The Balaban J connectivity index is 1.18. The summed E-state index contributed by atoms with van der Waals surface area (Å²) in [7, 11) is -4.61. The Morgan fingerprint density at radius 1 is 0.979 bits per heavy atom. The van der Waals surface area contributed by atoms with E-state index in [1.54, 1.807) is 24.5 Å². The third kappa shape index (κ3) is 10.9. The number of anilines is 1. The average Bonchev–Trinajstić information content (AvgIpc) is 3.68. The fraction of sp³-hybridized carbons (Fsp3) is 0.452. The molecule has 4 rings (SSSR count). The lowest BCUT2D eigenvalue weighted by molar-refractivity contribution is -0.137. The molecule has 0 aliphatic carbocycles. The van der Waals surface area contributed by atoms with Crippen LogP contribution in [0.1, 0.15) is 32.1 Å². The fourth-order valence-electron chi connectivity index (χ4n) is 5.27.